The fraction of sp³-hybridized carbons (Fsp3) is 0.280. The zero-order valence-electron chi connectivity index (χ0n) is 18.8. The first-order chi connectivity index (χ1) is 15.0. The van der Waals surface area contributed by atoms with Gasteiger partial charge in [0.25, 0.3) is 0 Å². The van der Waals surface area contributed by atoms with Crippen LogP contribution in [0.1, 0.15) is 30.7 Å². The molecular formula is C25H29N5S. The van der Waals surface area contributed by atoms with Gasteiger partial charge in [0.15, 0.2) is 5.13 Å². The molecule has 0 saturated carbocycles. The second-order valence-electron chi connectivity index (χ2n) is 7.76. The highest BCUT2D eigenvalue weighted by Crippen LogP contribution is 2.32. The van der Waals surface area contributed by atoms with E-state index < -0.39 is 0 Å². The molecule has 2 aromatic carbocycles. The number of imidazole rings is 1. The molecule has 0 amide bonds. The van der Waals surface area contributed by atoms with Crippen molar-refractivity contribution in [2.24, 2.45) is 0 Å². The van der Waals surface area contributed by atoms with Gasteiger partial charge in [0.1, 0.15) is 0 Å². The summed E-state index contributed by atoms with van der Waals surface area (Å²) in [4.78, 5) is 11.5. The van der Waals surface area contributed by atoms with E-state index in [1.807, 2.05) is 24.0 Å². The lowest BCUT2D eigenvalue weighted by Crippen LogP contribution is -2.22. The van der Waals surface area contributed by atoms with E-state index in [4.69, 9.17) is 4.98 Å². The third-order valence-corrected chi connectivity index (χ3v) is 6.32. The van der Waals surface area contributed by atoms with E-state index in [1.54, 1.807) is 11.3 Å². The monoisotopic (exact) mass is 431 g/mol. The van der Waals surface area contributed by atoms with Gasteiger partial charge >= 0.3 is 0 Å². The largest absolute Gasteiger partial charge is 0.372 e. The Labute approximate surface area is 188 Å². The number of hydrogen-bond acceptors (Lipinski definition) is 5. The molecule has 0 aliphatic rings. The van der Waals surface area contributed by atoms with Crippen molar-refractivity contribution in [2.75, 3.05) is 23.3 Å². The Balaban J connectivity index is 1.52. The molecule has 6 heteroatoms. The number of thiazole rings is 1. The smallest absolute Gasteiger partial charge is 0.187 e. The fourth-order valence-electron chi connectivity index (χ4n) is 3.79. The highest BCUT2D eigenvalue weighted by molar-refractivity contribution is 7.14. The first kappa shape index (κ1) is 21.1. The average molecular weight is 432 g/mol. The van der Waals surface area contributed by atoms with E-state index in [9.17, 15) is 0 Å². The molecule has 31 heavy (non-hydrogen) atoms. The number of nitrogens with zero attached hydrogens (tertiary/aromatic N) is 4. The zero-order chi connectivity index (χ0) is 22.0. The fourth-order valence-corrected chi connectivity index (χ4v) is 4.52. The summed E-state index contributed by atoms with van der Waals surface area (Å²) in [6.07, 6.45) is 3.86. The van der Waals surface area contributed by atoms with Crippen molar-refractivity contribution in [2.45, 2.75) is 34.6 Å². The first-order valence-corrected chi connectivity index (χ1v) is 11.6. The topological polar surface area (TPSA) is 46.0 Å². The number of aromatic nitrogens is 3. The van der Waals surface area contributed by atoms with Crippen molar-refractivity contribution in [3.63, 3.8) is 0 Å². The Morgan fingerprint density at radius 2 is 1.74 bits per heavy atom. The summed E-state index contributed by atoms with van der Waals surface area (Å²) >= 11 is 1.63. The maximum Gasteiger partial charge on any atom is 0.187 e. The van der Waals surface area contributed by atoms with Crippen molar-refractivity contribution in [3.8, 4) is 16.9 Å². The molecule has 4 aromatic rings. The van der Waals surface area contributed by atoms with Gasteiger partial charge in [-0.15, -0.1) is 11.3 Å². The van der Waals surface area contributed by atoms with E-state index in [1.165, 1.54) is 16.8 Å². The van der Waals surface area contributed by atoms with Crippen molar-refractivity contribution in [1.82, 2.24) is 14.5 Å². The number of rotatable bonds is 7. The molecular weight excluding hydrogens is 402 g/mol. The third kappa shape index (κ3) is 4.49. The van der Waals surface area contributed by atoms with Gasteiger partial charge in [-0.2, -0.15) is 0 Å². The van der Waals surface area contributed by atoms with E-state index in [-0.39, 0.29) is 0 Å². The van der Waals surface area contributed by atoms with Gasteiger partial charge in [-0.1, -0.05) is 12.1 Å². The molecule has 0 unspecified atom stereocenters. The summed E-state index contributed by atoms with van der Waals surface area (Å²) in [5.74, 6) is 0. The van der Waals surface area contributed by atoms with Gasteiger partial charge in [0.05, 0.1) is 17.7 Å². The van der Waals surface area contributed by atoms with Crippen LogP contribution in [-0.4, -0.2) is 27.6 Å². The molecule has 0 radical (unpaired) electrons. The quantitative estimate of drug-likeness (QED) is 0.362. The van der Waals surface area contributed by atoms with Gasteiger partial charge in [-0.3, -0.25) is 0 Å². The van der Waals surface area contributed by atoms with Crippen LogP contribution in [0.15, 0.2) is 54.3 Å². The van der Waals surface area contributed by atoms with Crippen molar-refractivity contribution < 1.29 is 0 Å². The highest BCUT2D eigenvalue weighted by Gasteiger charge is 2.11. The molecule has 160 valence electrons. The molecule has 0 atom stereocenters. The molecule has 0 aliphatic heterocycles. The summed E-state index contributed by atoms with van der Waals surface area (Å²) in [5.41, 5.74) is 9.11. The van der Waals surface area contributed by atoms with Gasteiger partial charge in [-0.25, -0.2) is 9.97 Å². The van der Waals surface area contributed by atoms with Crippen LogP contribution in [0.2, 0.25) is 0 Å². The molecule has 5 nitrogen and oxygen atoms in total. The van der Waals surface area contributed by atoms with Crippen LogP contribution in [-0.2, 0) is 0 Å². The molecule has 4 rings (SSSR count). The van der Waals surface area contributed by atoms with Gasteiger partial charge in [0, 0.05) is 47.3 Å². The van der Waals surface area contributed by atoms with E-state index in [2.05, 4.69) is 84.7 Å². The summed E-state index contributed by atoms with van der Waals surface area (Å²) in [6, 6.07) is 12.9. The predicted octanol–water partition coefficient (Wildman–Crippen LogP) is 6.51. The molecule has 0 aliphatic carbocycles. The van der Waals surface area contributed by atoms with Crippen LogP contribution >= 0.6 is 11.3 Å². The maximum absolute atomic E-state index is 4.82. The minimum atomic E-state index is 0.905. The maximum atomic E-state index is 4.82. The summed E-state index contributed by atoms with van der Waals surface area (Å²) in [5, 5.41) is 6.53. The standard InChI is InChI=1S/C25H29N5S/c1-6-29(7-2)24-13-17(3)22(12-18(24)4)27-25-28-23(15-31-25)20-8-10-21(11-9-20)30-14-19(5)26-16-30/h8-16H,6-7H2,1-5H3,(H,27,28). The Kier molecular flexibility index (Phi) is 6.09. The molecule has 2 heterocycles. The molecule has 0 fully saturated rings. The Morgan fingerprint density at radius 1 is 1.00 bits per heavy atom. The number of benzene rings is 2. The van der Waals surface area contributed by atoms with Crippen LogP contribution in [0.4, 0.5) is 16.5 Å². The highest BCUT2D eigenvalue weighted by atomic mass is 32.1. The number of aryl methyl sites for hydroxylation is 3. The molecule has 0 saturated heterocycles. The Bertz CT molecular complexity index is 1170. The van der Waals surface area contributed by atoms with Crippen LogP contribution in [0, 0.1) is 20.8 Å². The Morgan fingerprint density at radius 3 is 2.39 bits per heavy atom. The van der Waals surface area contributed by atoms with Crippen LogP contribution < -0.4 is 10.2 Å². The number of anilines is 3. The lowest BCUT2D eigenvalue weighted by molar-refractivity contribution is 0.861. The average Bonchev–Trinajstić information content (AvgIpc) is 3.41. The van der Waals surface area contributed by atoms with E-state index >= 15 is 0 Å². The van der Waals surface area contributed by atoms with Crippen molar-refractivity contribution in [1.29, 1.82) is 0 Å². The summed E-state index contributed by atoms with van der Waals surface area (Å²) in [6.45, 7) is 12.7. The third-order valence-electron chi connectivity index (χ3n) is 5.57. The van der Waals surface area contributed by atoms with Gasteiger partial charge < -0.3 is 14.8 Å². The molecule has 0 spiro atoms. The minimum Gasteiger partial charge on any atom is -0.372 e. The van der Waals surface area contributed by atoms with Crippen molar-refractivity contribution in [3.05, 3.63) is 71.1 Å². The van der Waals surface area contributed by atoms with Crippen LogP contribution in [0.3, 0.4) is 0 Å². The molecule has 2 aromatic heterocycles. The lowest BCUT2D eigenvalue weighted by Gasteiger charge is -2.24. The van der Waals surface area contributed by atoms with E-state index in [0.717, 1.165) is 46.5 Å². The van der Waals surface area contributed by atoms with Crippen molar-refractivity contribution >= 4 is 27.8 Å². The zero-order valence-corrected chi connectivity index (χ0v) is 19.6. The second kappa shape index (κ2) is 8.94. The number of nitrogens with one attached hydrogen (secondary N) is 1. The van der Waals surface area contributed by atoms with Gasteiger partial charge in [-0.05, 0) is 70.0 Å². The summed E-state index contributed by atoms with van der Waals surface area (Å²) < 4.78 is 2.03. The minimum absolute atomic E-state index is 0.905. The van der Waals surface area contributed by atoms with E-state index in [0.29, 0.717) is 0 Å². The van der Waals surface area contributed by atoms with Crippen LogP contribution in [0.5, 0.6) is 0 Å². The second-order valence-corrected chi connectivity index (χ2v) is 8.62. The molecule has 0 bridgehead atoms. The first-order valence-electron chi connectivity index (χ1n) is 10.7. The Hall–Kier alpha value is -3.12. The van der Waals surface area contributed by atoms with Crippen LogP contribution in [0.25, 0.3) is 16.9 Å². The normalized spacial score (nSPS) is 11.0. The van der Waals surface area contributed by atoms with Gasteiger partial charge in [0.2, 0.25) is 0 Å². The molecule has 1 N–H and O–H groups in total. The lowest BCUT2D eigenvalue weighted by atomic mass is 10.1. The predicted molar refractivity (Wildman–Crippen MR) is 132 cm³/mol. The summed E-state index contributed by atoms with van der Waals surface area (Å²) in [7, 11) is 0. The number of hydrogen-bond donors (Lipinski definition) is 1. The SMILES string of the molecule is CCN(CC)c1cc(C)c(Nc2nc(-c3ccc(-n4cnc(C)c4)cc3)cs2)cc1C.